The summed E-state index contributed by atoms with van der Waals surface area (Å²) in [5, 5.41) is 11.3. The Hall–Kier alpha value is -3.27. The van der Waals surface area contributed by atoms with Crippen LogP contribution in [0.5, 0.6) is 17.2 Å². The van der Waals surface area contributed by atoms with Crippen LogP contribution in [-0.2, 0) is 4.79 Å². The van der Waals surface area contributed by atoms with Crippen LogP contribution in [0, 0.1) is 5.82 Å². The van der Waals surface area contributed by atoms with Gasteiger partial charge in [0.2, 0.25) is 11.7 Å². The largest absolute Gasteiger partial charge is 0.493 e. The molecule has 8 nitrogen and oxygen atoms in total. The molecular formula is C22H25FN4O4S. The van der Waals surface area contributed by atoms with Gasteiger partial charge in [0.05, 0.1) is 32.3 Å². The van der Waals surface area contributed by atoms with Crippen molar-refractivity contribution in [1.29, 1.82) is 0 Å². The zero-order valence-electron chi connectivity index (χ0n) is 18.5. The van der Waals surface area contributed by atoms with Crippen LogP contribution in [0.3, 0.4) is 0 Å². The lowest BCUT2D eigenvalue weighted by Gasteiger charge is -2.16. The van der Waals surface area contributed by atoms with Crippen molar-refractivity contribution in [3.8, 4) is 34.3 Å². The van der Waals surface area contributed by atoms with Gasteiger partial charge in [0, 0.05) is 12.1 Å². The Morgan fingerprint density at radius 1 is 1.12 bits per heavy atom. The fourth-order valence-corrected chi connectivity index (χ4v) is 4.01. The summed E-state index contributed by atoms with van der Waals surface area (Å²) in [5.41, 5.74) is 0.833. The summed E-state index contributed by atoms with van der Waals surface area (Å²) in [6.07, 6.45) is 0. The molecule has 1 N–H and O–H groups in total. The third kappa shape index (κ3) is 4.64. The molecule has 3 aromatic rings. The Balaban J connectivity index is 2.18. The van der Waals surface area contributed by atoms with E-state index in [0.29, 0.717) is 40.3 Å². The maximum Gasteiger partial charge on any atom is 0.233 e. The second-order valence-corrected chi connectivity index (χ2v) is 7.97. The molecule has 0 saturated heterocycles. The van der Waals surface area contributed by atoms with Gasteiger partial charge in [-0.1, -0.05) is 23.9 Å². The minimum atomic E-state index is -0.461. The number of aromatic nitrogens is 3. The molecule has 1 aromatic heterocycles. The molecule has 0 aliphatic carbocycles. The van der Waals surface area contributed by atoms with E-state index in [9.17, 15) is 9.18 Å². The number of nitrogens with zero attached hydrogens (tertiary/aromatic N) is 3. The number of halogens is 1. The van der Waals surface area contributed by atoms with Gasteiger partial charge in [-0.3, -0.25) is 9.36 Å². The molecule has 1 atom stereocenters. The Bertz CT molecular complexity index is 1080. The predicted molar refractivity (Wildman–Crippen MR) is 120 cm³/mol. The maximum atomic E-state index is 14.8. The minimum absolute atomic E-state index is 0.144. The molecule has 170 valence electrons. The number of nitrogens with one attached hydrogen (secondary N) is 1. The van der Waals surface area contributed by atoms with Gasteiger partial charge in [-0.05, 0) is 38.1 Å². The zero-order chi connectivity index (χ0) is 23.3. The number of hydrogen-bond acceptors (Lipinski definition) is 7. The molecule has 0 fully saturated rings. The molecule has 0 spiro atoms. The fraction of sp³-hybridized carbons (Fsp3) is 0.318. The van der Waals surface area contributed by atoms with Crippen molar-refractivity contribution < 1.29 is 23.4 Å². The standard InChI is InChI=1S/C22H25FN4O4S/c1-6-24-21(28)13(2)32-22-26-25-20(27(22)16-10-8-7-9-15(16)23)14-11-17(29-3)19(31-5)18(12-14)30-4/h7-13H,6H2,1-5H3,(H,24,28). The van der Waals surface area contributed by atoms with Gasteiger partial charge in [-0.2, -0.15) is 0 Å². The predicted octanol–water partition coefficient (Wildman–Crippen LogP) is 3.72. The van der Waals surface area contributed by atoms with Gasteiger partial charge in [-0.15, -0.1) is 10.2 Å². The number of ether oxygens (including phenoxy) is 3. The van der Waals surface area contributed by atoms with Crippen LogP contribution in [0.1, 0.15) is 13.8 Å². The number of benzene rings is 2. The summed E-state index contributed by atoms with van der Waals surface area (Å²) in [4.78, 5) is 12.3. The molecule has 3 rings (SSSR count). The molecule has 2 aromatic carbocycles. The SMILES string of the molecule is CCNC(=O)C(C)Sc1nnc(-c2cc(OC)c(OC)c(OC)c2)n1-c1ccccc1F. The molecule has 0 radical (unpaired) electrons. The van der Waals surface area contributed by atoms with E-state index in [-0.39, 0.29) is 11.6 Å². The number of amides is 1. The molecule has 1 unspecified atom stereocenters. The molecule has 0 aliphatic heterocycles. The number of carbonyl (C=O) groups is 1. The fourth-order valence-electron chi connectivity index (χ4n) is 3.12. The highest BCUT2D eigenvalue weighted by atomic mass is 32.2. The highest BCUT2D eigenvalue weighted by molar-refractivity contribution is 8.00. The average Bonchev–Trinajstić information content (AvgIpc) is 3.21. The van der Waals surface area contributed by atoms with Gasteiger partial charge < -0.3 is 19.5 Å². The topological polar surface area (TPSA) is 87.5 Å². The van der Waals surface area contributed by atoms with E-state index in [1.807, 2.05) is 6.92 Å². The summed E-state index contributed by atoms with van der Waals surface area (Å²) >= 11 is 1.19. The first-order valence-electron chi connectivity index (χ1n) is 9.90. The van der Waals surface area contributed by atoms with Crippen molar-refractivity contribution in [2.75, 3.05) is 27.9 Å². The van der Waals surface area contributed by atoms with Gasteiger partial charge in [0.1, 0.15) is 5.82 Å². The maximum absolute atomic E-state index is 14.8. The van der Waals surface area contributed by atoms with Crippen LogP contribution in [0.2, 0.25) is 0 Å². The summed E-state index contributed by atoms with van der Waals surface area (Å²) in [6.45, 7) is 4.12. The minimum Gasteiger partial charge on any atom is -0.493 e. The normalized spacial score (nSPS) is 11.7. The number of hydrogen-bond donors (Lipinski definition) is 1. The van der Waals surface area contributed by atoms with Crippen LogP contribution in [0.25, 0.3) is 17.1 Å². The summed E-state index contributed by atoms with van der Waals surface area (Å²) in [6, 6.07) is 9.73. The first-order chi connectivity index (χ1) is 15.4. The first-order valence-corrected chi connectivity index (χ1v) is 10.8. The second-order valence-electron chi connectivity index (χ2n) is 6.66. The van der Waals surface area contributed by atoms with Crippen molar-refractivity contribution in [1.82, 2.24) is 20.1 Å². The Kier molecular flexibility index (Phi) is 7.57. The van der Waals surface area contributed by atoms with Crippen molar-refractivity contribution in [2.45, 2.75) is 24.3 Å². The van der Waals surface area contributed by atoms with Crippen LogP contribution in [0.4, 0.5) is 4.39 Å². The van der Waals surface area contributed by atoms with Crippen LogP contribution in [0.15, 0.2) is 41.6 Å². The lowest BCUT2D eigenvalue weighted by Crippen LogP contribution is -2.30. The highest BCUT2D eigenvalue weighted by Gasteiger charge is 2.24. The van der Waals surface area contributed by atoms with Crippen molar-refractivity contribution >= 4 is 17.7 Å². The number of thioether (sulfide) groups is 1. The summed E-state index contributed by atoms with van der Waals surface area (Å²) in [7, 11) is 4.54. The van der Waals surface area contributed by atoms with Gasteiger partial charge in [-0.25, -0.2) is 4.39 Å². The number of carbonyl (C=O) groups excluding carboxylic acids is 1. The van der Waals surface area contributed by atoms with E-state index in [4.69, 9.17) is 14.2 Å². The molecule has 10 heteroatoms. The third-order valence-corrected chi connectivity index (χ3v) is 5.69. The second kappa shape index (κ2) is 10.4. The van der Waals surface area contributed by atoms with Gasteiger partial charge in [0.15, 0.2) is 22.5 Å². The smallest absolute Gasteiger partial charge is 0.233 e. The van der Waals surface area contributed by atoms with Crippen molar-refractivity contribution in [3.05, 3.63) is 42.2 Å². The lowest BCUT2D eigenvalue weighted by molar-refractivity contribution is -0.120. The van der Waals surface area contributed by atoms with E-state index < -0.39 is 11.1 Å². The van der Waals surface area contributed by atoms with Crippen molar-refractivity contribution in [3.63, 3.8) is 0 Å². The molecule has 0 saturated carbocycles. The first kappa shape index (κ1) is 23.4. The molecule has 1 amide bonds. The molecule has 1 heterocycles. The van der Waals surface area contributed by atoms with E-state index in [1.54, 1.807) is 41.8 Å². The Labute approximate surface area is 190 Å². The van der Waals surface area contributed by atoms with E-state index in [1.165, 1.54) is 39.2 Å². The Morgan fingerprint density at radius 2 is 1.78 bits per heavy atom. The molecule has 0 bridgehead atoms. The summed E-state index contributed by atoms with van der Waals surface area (Å²) in [5.74, 6) is 1.04. The lowest BCUT2D eigenvalue weighted by atomic mass is 10.1. The number of methoxy groups -OCH3 is 3. The van der Waals surface area contributed by atoms with Crippen LogP contribution >= 0.6 is 11.8 Å². The molecule has 0 aliphatic rings. The number of para-hydroxylation sites is 1. The Morgan fingerprint density at radius 3 is 2.34 bits per heavy atom. The van der Waals surface area contributed by atoms with Crippen molar-refractivity contribution in [2.24, 2.45) is 0 Å². The summed E-state index contributed by atoms with van der Waals surface area (Å²) < 4.78 is 32.7. The zero-order valence-corrected chi connectivity index (χ0v) is 19.3. The highest BCUT2D eigenvalue weighted by Crippen LogP contribution is 2.42. The average molecular weight is 461 g/mol. The monoisotopic (exact) mass is 460 g/mol. The van der Waals surface area contributed by atoms with E-state index in [2.05, 4.69) is 15.5 Å². The van der Waals surface area contributed by atoms with Gasteiger partial charge in [0.25, 0.3) is 0 Å². The molecule has 32 heavy (non-hydrogen) atoms. The van der Waals surface area contributed by atoms with E-state index in [0.717, 1.165) is 0 Å². The van der Waals surface area contributed by atoms with Crippen LogP contribution in [-0.4, -0.2) is 53.8 Å². The third-order valence-electron chi connectivity index (χ3n) is 4.65. The number of rotatable bonds is 9. The van der Waals surface area contributed by atoms with Crippen LogP contribution < -0.4 is 19.5 Å². The quantitative estimate of drug-likeness (QED) is 0.487. The molecular weight excluding hydrogens is 435 g/mol. The van der Waals surface area contributed by atoms with Gasteiger partial charge >= 0.3 is 0 Å². The van der Waals surface area contributed by atoms with E-state index >= 15 is 0 Å².